The molecular formula is C13H20N2O2S. The fourth-order valence-electron chi connectivity index (χ4n) is 2.40. The molecule has 0 bridgehead atoms. The maximum absolute atomic E-state index is 11.3. The van der Waals surface area contributed by atoms with E-state index in [1.165, 1.54) is 18.9 Å². The first kappa shape index (κ1) is 13.4. The number of hydrogen-bond acceptors (Lipinski definition) is 3. The summed E-state index contributed by atoms with van der Waals surface area (Å²) in [6.07, 6.45) is 4.74. The van der Waals surface area contributed by atoms with Gasteiger partial charge in [0.05, 0.1) is 4.90 Å². The Kier molecular flexibility index (Phi) is 3.92. The van der Waals surface area contributed by atoms with E-state index in [4.69, 9.17) is 5.14 Å². The fraction of sp³-hybridized carbons (Fsp3) is 0.538. The zero-order valence-electron chi connectivity index (χ0n) is 10.6. The molecule has 0 amide bonds. The minimum Gasteiger partial charge on any atom is -0.382 e. The third-order valence-corrected chi connectivity index (χ3v) is 4.46. The Hall–Kier alpha value is -1.07. The number of hydrogen-bond donors (Lipinski definition) is 2. The van der Waals surface area contributed by atoms with Crippen molar-refractivity contribution in [1.82, 2.24) is 0 Å². The van der Waals surface area contributed by atoms with Crippen LogP contribution in [-0.2, 0) is 10.0 Å². The highest BCUT2D eigenvalue weighted by Crippen LogP contribution is 2.26. The van der Waals surface area contributed by atoms with E-state index < -0.39 is 10.0 Å². The van der Waals surface area contributed by atoms with Crippen LogP contribution in [0.3, 0.4) is 0 Å². The van der Waals surface area contributed by atoms with Crippen LogP contribution < -0.4 is 10.5 Å². The van der Waals surface area contributed by atoms with Crippen LogP contribution >= 0.6 is 0 Å². The molecule has 18 heavy (non-hydrogen) atoms. The van der Waals surface area contributed by atoms with Crippen LogP contribution in [0.2, 0.25) is 0 Å². The zero-order chi connectivity index (χ0) is 13.2. The van der Waals surface area contributed by atoms with Gasteiger partial charge in [0.25, 0.3) is 0 Å². The standard InChI is InChI=1S/C13H20N2O2S/c1-10-5-7-11(8-6-10)15-12-3-2-4-13(9-12)18(14,16)17/h2-4,9-11,15H,5-8H2,1H3,(H2,14,16,17). The molecule has 0 spiro atoms. The number of rotatable bonds is 3. The lowest BCUT2D eigenvalue weighted by molar-refractivity contribution is 0.361. The molecule has 1 aromatic rings. The minimum absolute atomic E-state index is 0.164. The average Bonchev–Trinajstić information content (AvgIpc) is 2.31. The van der Waals surface area contributed by atoms with Crippen molar-refractivity contribution in [3.8, 4) is 0 Å². The lowest BCUT2D eigenvalue weighted by Crippen LogP contribution is -2.25. The summed E-state index contributed by atoms with van der Waals surface area (Å²) < 4.78 is 22.5. The van der Waals surface area contributed by atoms with Crippen molar-refractivity contribution < 1.29 is 8.42 Å². The van der Waals surface area contributed by atoms with E-state index in [9.17, 15) is 8.42 Å². The van der Waals surface area contributed by atoms with E-state index in [1.54, 1.807) is 12.1 Å². The highest BCUT2D eigenvalue weighted by atomic mass is 32.2. The molecule has 0 radical (unpaired) electrons. The Morgan fingerprint density at radius 3 is 2.50 bits per heavy atom. The highest BCUT2D eigenvalue weighted by molar-refractivity contribution is 7.89. The van der Waals surface area contributed by atoms with Crippen LogP contribution in [-0.4, -0.2) is 14.5 Å². The Balaban J connectivity index is 2.06. The molecule has 0 saturated heterocycles. The summed E-state index contributed by atoms with van der Waals surface area (Å²) in [4.78, 5) is 0.164. The van der Waals surface area contributed by atoms with E-state index in [1.807, 2.05) is 6.07 Å². The van der Waals surface area contributed by atoms with E-state index in [0.29, 0.717) is 6.04 Å². The quantitative estimate of drug-likeness (QED) is 0.883. The average molecular weight is 268 g/mol. The molecule has 0 aromatic heterocycles. The van der Waals surface area contributed by atoms with Crippen molar-refractivity contribution in [3.05, 3.63) is 24.3 Å². The van der Waals surface area contributed by atoms with Gasteiger partial charge in [-0.1, -0.05) is 13.0 Å². The smallest absolute Gasteiger partial charge is 0.238 e. The fourth-order valence-corrected chi connectivity index (χ4v) is 2.96. The van der Waals surface area contributed by atoms with Gasteiger partial charge < -0.3 is 5.32 Å². The van der Waals surface area contributed by atoms with Crippen LogP contribution in [0, 0.1) is 5.92 Å². The molecule has 100 valence electrons. The lowest BCUT2D eigenvalue weighted by Gasteiger charge is -2.27. The van der Waals surface area contributed by atoms with Gasteiger partial charge >= 0.3 is 0 Å². The molecule has 1 aliphatic carbocycles. The first-order valence-corrected chi connectivity index (χ1v) is 7.89. The van der Waals surface area contributed by atoms with Crippen LogP contribution in [0.1, 0.15) is 32.6 Å². The van der Waals surface area contributed by atoms with Gasteiger partial charge in [-0.25, -0.2) is 13.6 Å². The normalized spacial score (nSPS) is 24.8. The molecule has 1 fully saturated rings. The van der Waals surface area contributed by atoms with Crippen molar-refractivity contribution in [2.75, 3.05) is 5.32 Å². The van der Waals surface area contributed by atoms with Crippen LogP contribution in [0.25, 0.3) is 0 Å². The summed E-state index contributed by atoms with van der Waals surface area (Å²) in [6, 6.07) is 7.16. The number of sulfonamides is 1. The van der Waals surface area contributed by atoms with E-state index in [0.717, 1.165) is 24.4 Å². The van der Waals surface area contributed by atoms with Gasteiger partial charge in [0.1, 0.15) is 0 Å². The molecule has 0 atom stereocenters. The number of nitrogens with one attached hydrogen (secondary N) is 1. The summed E-state index contributed by atoms with van der Waals surface area (Å²) in [5.74, 6) is 0.804. The summed E-state index contributed by atoms with van der Waals surface area (Å²) in [5, 5.41) is 8.52. The summed E-state index contributed by atoms with van der Waals surface area (Å²) in [7, 11) is -3.61. The second kappa shape index (κ2) is 5.28. The summed E-state index contributed by atoms with van der Waals surface area (Å²) in [5.41, 5.74) is 0.834. The van der Waals surface area contributed by atoms with Gasteiger partial charge in [-0.05, 0) is 49.8 Å². The Morgan fingerprint density at radius 2 is 1.89 bits per heavy atom. The van der Waals surface area contributed by atoms with Crippen molar-refractivity contribution in [2.45, 2.75) is 43.5 Å². The molecule has 4 nitrogen and oxygen atoms in total. The lowest BCUT2D eigenvalue weighted by atomic mass is 9.87. The van der Waals surface area contributed by atoms with Crippen molar-refractivity contribution >= 4 is 15.7 Å². The van der Waals surface area contributed by atoms with Crippen molar-refractivity contribution in [3.63, 3.8) is 0 Å². The second-order valence-electron chi connectivity index (χ2n) is 5.17. The number of primary sulfonamides is 1. The Morgan fingerprint density at radius 1 is 1.22 bits per heavy atom. The SMILES string of the molecule is CC1CCC(Nc2cccc(S(N)(=O)=O)c2)CC1. The van der Waals surface area contributed by atoms with E-state index in [-0.39, 0.29) is 4.90 Å². The first-order chi connectivity index (χ1) is 8.45. The number of nitrogens with two attached hydrogens (primary N) is 1. The third-order valence-electron chi connectivity index (χ3n) is 3.55. The van der Waals surface area contributed by atoms with E-state index in [2.05, 4.69) is 12.2 Å². The molecule has 0 unspecified atom stereocenters. The number of benzene rings is 1. The van der Waals surface area contributed by atoms with Crippen LogP contribution in [0.4, 0.5) is 5.69 Å². The number of anilines is 1. The highest BCUT2D eigenvalue weighted by Gasteiger charge is 2.18. The predicted molar refractivity (Wildman–Crippen MR) is 72.9 cm³/mol. The van der Waals surface area contributed by atoms with Gasteiger partial charge in [0, 0.05) is 11.7 Å². The maximum Gasteiger partial charge on any atom is 0.238 e. The second-order valence-corrected chi connectivity index (χ2v) is 6.74. The monoisotopic (exact) mass is 268 g/mol. The van der Waals surface area contributed by atoms with Crippen LogP contribution in [0.15, 0.2) is 29.2 Å². The van der Waals surface area contributed by atoms with Gasteiger partial charge in [-0.2, -0.15) is 0 Å². The van der Waals surface area contributed by atoms with Crippen LogP contribution in [0.5, 0.6) is 0 Å². The van der Waals surface area contributed by atoms with Crippen molar-refractivity contribution in [1.29, 1.82) is 0 Å². The van der Waals surface area contributed by atoms with Gasteiger partial charge in [-0.3, -0.25) is 0 Å². The maximum atomic E-state index is 11.3. The molecule has 1 aliphatic rings. The molecule has 1 aromatic carbocycles. The summed E-state index contributed by atoms with van der Waals surface area (Å²) in [6.45, 7) is 2.28. The molecule has 1 saturated carbocycles. The molecule has 0 heterocycles. The van der Waals surface area contributed by atoms with Gasteiger partial charge in [-0.15, -0.1) is 0 Å². The van der Waals surface area contributed by atoms with E-state index >= 15 is 0 Å². The molecule has 3 N–H and O–H groups in total. The minimum atomic E-state index is -3.61. The molecule has 5 heteroatoms. The van der Waals surface area contributed by atoms with Gasteiger partial charge in [0.15, 0.2) is 0 Å². The van der Waals surface area contributed by atoms with Gasteiger partial charge in [0.2, 0.25) is 10.0 Å². The predicted octanol–water partition coefficient (Wildman–Crippen LogP) is 2.32. The first-order valence-electron chi connectivity index (χ1n) is 6.34. The third kappa shape index (κ3) is 3.46. The molecule has 0 aliphatic heterocycles. The Bertz CT molecular complexity index is 505. The summed E-state index contributed by atoms with van der Waals surface area (Å²) >= 11 is 0. The Labute approximate surface area is 109 Å². The molecular weight excluding hydrogens is 248 g/mol. The topological polar surface area (TPSA) is 72.2 Å². The van der Waals surface area contributed by atoms with Crippen molar-refractivity contribution in [2.24, 2.45) is 11.1 Å². The largest absolute Gasteiger partial charge is 0.382 e. The molecule has 2 rings (SSSR count). The zero-order valence-corrected chi connectivity index (χ0v) is 11.4.